The minimum Gasteiger partial charge on any atom is -0.468 e. The van der Waals surface area contributed by atoms with E-state index in [0.717, 1.165) is 12.8 Å². The lowest BCUT2D eigenvalue weighted by Gasteiger charge is -2.37. The topological polar surface area (TPSA) is 38.3 Å². The molecule has 1 aromatic rings. The van der Waals surface area contributed by atoms with Crippen LogP contribution in [0.25, 0.3) is 0 Å². The highest BCUT2D eigenvalue weighted by molar-refractivity contribution is 5.75. The molecule has 0 bridgehead atoms. The van der Waals surface area contributed by atoms with Crippen LogP contribution in [0.1, 0.15) is 31.2 Å². The number of nitrogens with one attached hydrogen (secondary N) is 1. The first-order chi connectivity index (χ1) is 8.60. The van der Waals surface area contributed by atoms with Gasteiger partial charge < -0.3 is 10.1 Å². The van der Waals surface area contributed by atoms with Gasteiger partial charge in [0.2, 0.25) is 0 Å². The zero-order valence-corrected chi connectivity index (χ0v) is 10.7. The Hall–Kier alpha value is -1.42. The van der Waals surface area contributed by atoms with Crippen molar-refractivity contribution >= 4 is 5.97 Å². The summed E-state index contributed by atoms with van der Waals surface area (Å²) in [5.41, 5.74) is 1.17. The molecule has 18 heavy (non-hydrogen) atoms. The van der Waals surface area contributed by atoms with Crippen LogP contribution in [0.5, 0.6) is 0 Å². The molecule has 0 unspecified atom stereocenters. The standard InChI is InChI=1S/C14H18FNO2/c1-9(14(17)18-2)16-13-7-11(8-13)10-3-5-12(15)6-4-10/h3-6,9,11,13,16H,7-8H2,1-2H3/t9-,11?,13?/m0/s1. The number of methoxy groups -OCH3 is 1. The summed E-state index contributed by atoms with van der Waals surface area (Å²) < 4.78 is 17.4. The number of halogens is 1. The van der Waals surface area contributed by atoms with Gasteiger partial charge in [0.1, 0.15) is 11.9 Å². The lowest BCUT2D eigenvalue weighted by molar-refractivity contribution is -0.143. The summed E-state index contributed by atoms with van der Waals surface area (Å²) in [5.74, 6) is 0.0280. The van der Waals surface area contributed by atoms with E-state index >= 15 is 0 Å². The number of esters is 1. The molecule has 1 N–H and O–H groups in total. The van der Waals surface area contributed by atoms with Gasteiger partial charge in [-0.1, -0.05) is 12.1 Å². The van der Waals surface area contributed by atoms with Crippen molar-refractivity contribution < 1.29 is 13.9 Å². The smallest absolute Gasteiger partial charge is 0.322 e. The molecule has 1 aliphatic rings. The number of rotatable bonds is 4. The van der Waals surface area contributed by atoms with Crippen molar-refractivity contribution in [3.63, 3.8) is 0 Å². The molecular weight excluding hydrogens is 233 g/mol. The van der Waals surface area contributed by atoms with Crippen LogP contribution >= 0.6 is 0 Å². The second-order valence-electron chi connectivity index (χ2n) is 4.83. The van der Waals surface area contributed by atoms with Crippen LogP contribution in [0.4, 0.5) is 4.39 Å². The van der Waals surface area contributed by atoms with E-state index in [-0.39, 0.29) is 17.8 Å². The molecule has 1 aliphatic carbocycles. The van der Waals surface area contributed by atoms with Crippen LogP contribution < -0.4 is 5.32 Å². The number of hydrogen-bond donors (Lipinski definition) is 1. The molecule has 0 heterocycles. The fourth-order valence-corrected chi connectivity index (χ4v) is 2.36. The minimum atomic E-state index is -0.269. The molecule has 0 spiro atoms. The molecule has 0 amide bonds. The molecule has 0 saturated heterocycles. The highest BCUT2D eigenvalue weighted by Crippen LogP contribution is 2.37. The van der Waals surface area contributed by atoms with Crippen LogP contribution in [-0.2, 0) is 9.53 Å². The molecule has 1 atom stereocenters. The van der Waals surface area contributed by atoms with Gasteiger partial charge in [-0.2, -0.15) is 0 Å². The fourth-order valence-electron chi connectivity index (χ4n) is 2.36. The number of carbonyl (C=O) groups excluding carboxylic acids is 1. The van der Waals surface area contributed by atoms with Gasteiger partial charge in [0.25, 0.3) is 0 Å². The maximum absolute atomic E-state index is 12.8. The number of carbonyl (C=O) groups is 1. The summed E-state index contributed by atoms with van der Waals surface area (Å²) in [6.07, 6.45) is 1.96. The summed E-state index contributed by atoms with van der Waals surface area (Å²) in [6, 6.07) is 6.73. The van der Waals surface area contributed by atoms with Gasteiger partial charge >= 0.3 is 5.97 Å². The predicted molar refractivity (Wildman–Crippen MR) is 66.8 cm³/mol. The van der Waals surface area contributed by atoms with Gasteiger partial charge in [-0.05, 0) is 43.4 Å². The Balaban J connectivity index is 1.80. The van der Waals surface area contributed by atoms with Crippen molar-refractivity contribution in [1.82, 2.24) is 5.32 Å². The molecule has 4 heteroatoms. The molecule has 1 aromatic carbocycles. The van der Waals surface area contributed by atoms with E-state index < -0.39 is 0 Å². The Morgan fingerprint density at radius 3 is 2.56 bits per heavy atom. The maximum atomic E-state index is 12.8. The van der Waals surface area contributed by atoms with E-state index in [9.17, 15) is 9.18 Å². The third-order valence-corrected chi connectivity index (χ3v) is 3.52. The van der Waals surface area contributed by atoms with E-state index in [4.69, 9.17) is 0 Å². The first-order valence-corrected chi connectivity index (χ1v) is 6.19. The van der Waals surface area contributed by atoms with Crippen molar-refractivity contribution in [2.75, 3.05) is 7.11 Å². The summed E-state index contributed by atoms with van der Waals surface area (Å²) >= 11 is 0. The lowest BCUT2D eigenvalue weighted by atomic mass is 9.75. The third kappa shape index (κ3) is 2.88. The van der Waals surface area contributed by atoms with Gasteiger partial charge in [0.15, 0.2) is 0 Å². The molecule has 1 fully saturated rings. The molecule has 2 rings (SSSR count). The Kier molecular flexibility index (Phi) is 3.97. The molecule has 0 aliphatic heterocycles. The Bertz CT molecular complexity index is 412. The normalized spacial score (nSPS) is 24.2. The molecule has 0 aromatic heterocycles. The van der Waals surface area contributed by atoms with Gasteiger partial charge in [-0.3, -0.25) is 4.79 Å². The van der Waals surface area contributed by atoms with Crippen molar-refractivity contribution in [2.24, 2.45) is 0 Å². The molecule has 98 valence electrons. The second-order valence-corrected chi connectivity index (χ2v) is 4.83. The molecule has 0 radical (unpaired) electrons. The summed E-state index contributed by atoms with van der Waals surface area (Å²) in [5, 5.41) is 3.23. The van der Waals surface area contributed by atoms with Crippen LogP contribution in [0.15, 0.2) is 24.3 Å². The SMILES string of the molecule is COC(=O)[C@H](C)NC1CC(c2ccc(F)cc2)C1. The van der Waals surface area contributed by atoms with Crippen LogP contribution in [0.2, 0.25) is 0 Å². The average molecular weight is 251 g/mol. The fraction of sp³-hybridized carbons (Fsp3) is 0.500. The molecule has 1 saturated carbocycles. The van der Waals surface area contributed by atoms with E-state index in [1.165, 1.54) is 24.8 Å². The van der Waals surface area contributed by atoms with Gasteiger partial charge in [-0.25, -0.2) is 4.39 Å². The first kappa shape index (κ1) is 13.0. The van der Waals surface area contributed by atoms with Gasteiger partial charge in [0.05, 0.1) is 7.11 Å². The minimum absolute atomic E-state index is 0.202. The second kappa shape index (κ2) is 5.48. The quantitative estimate of drug-likeness (QED) is 0.834. The summed E-state index contributed by atoms with van der Waals surface area (Å²) in [6.45, 7) is 1.80. The Morgan fingerprint density at radius 2 is 2.00 bits per heavy atom. The van der Waals surface area contributed by atoms with E-state index in [2.05, 4.69) is 10.1 Å². The highest BCUT2D eigenvalue weighted by atomic mass is 19.1. The monoisotopic (exact) mass is 251 g/mol. The summed E-state index contributed by atoms with van der Waals surface area (Å²) in [4.78, 5) is 11.2. The number of ether oxygens (including phenoxy) is 1. The van der Waals surface area contributed by atoms with Crippen molar-refractivity contribution in [3.8, 4) is 0 Å². The van der Waals surface area contributed by atoms with E-state index in [0.29, 0.717) is 12.0 Å². The van der Waals surface area contributed by atoms with Crippen LogP contribution in [-0.4, -0.2) is 25.2 Å². The molecule has 3 nitrogen and oxygen atoms in total. The average Bonchev–Trinajstić information content (AvgIpc) is 2.33. The van der Waals surface area contributed by atoms with Crippen molar-refractivity contribution in [3.05, 3.63) is 35.6 Å². The predicted octanol–water partition coefficient (Wildman–Crippen LogP) is 2.22. The first-order valence-electron chi connectivity index (χ1n) is 6.19. The largest absolute Gasteiger partial charge is 0.468 e. The number of hydrogen-bond acceptors (Lipinski definition) is 3. The van der Waals surface area contributed by atoms with Crippen LogP contribution in [0, 0.1) is 5.82 Å². The van der Waals surface area contributed by atoms with Gasteiger partial charge in [0, 0.05) is 6.04 Å². The lowest BCUT2D eigenvalue weighted by Crippen LogP contribution is -2.47. The highest BCUT2D eigenvalue weighted by Gasteiger charge is 2.32. The van der Waals surface area contributed by atoms with Gasteiger partial charge in [-0.15, -0.1) is 0 Å². The zero-order chi connectivity index (χ0) is 13.1. The van der Waals surface area contributed by atoms with Crippen molar-refractivity contribution in [1.29, 1.82) is 0 Å². The third-order valence-electron chi connectivity index (χ3n) is 3.52. The van der Waals surface area contributed by atoms with Crippen LogP contribution in [0.3, 0.4) is 0 Å². The van der Waals surface area contributed by atoms with E-state index in [1.54, 1.807) is 6.92 Å². The number of benzene rings is 1. The zero-order valence-electron chi connectivity index (χ0n) is 10.7. The Labute approximate surface area is 106 Å². The Morgan fingerprint density at radius 1 is 1.39 bits per heavy atom. The molecular formula is C14H18FNO2. The van der Waals surface area contributed by atoms with Crippen molar-refractivity contribution in [2.45, 2.75) is 37.8 Å². The maximum Gasteiger partial charge on any atom is 0.322 e. The van der Waals surface area contributed by atoms with E-state index in [1.807, 2.05) is 12.1 Å². The summed E-state index contributed by atoms with van der Waals surface area (Å²) in [7, 11) is 1.39.